The molecular weight excluding hydrogens is 238 g/mol. The van der Waals surface area contributed by atoms with Crippen molar-refractivity contribution in [3.8, 4) is 0 Å². The Kier molecular flexibility index (Phi) is 3.23. The zero-order valence-corrected chi connectivity index (χ0v) is 10.4. The summed E-state index contributed by atoms with van der Waals surface area (Å²) in [4.78, 5) is 23.7. The van der Waals surface area contributed by atoms with Gasteiger partial charge in [0.05, 0.1) is 10.9 Å². The molecule has 1 aromatic carbocycles. The number of nitrogens with one attached hydrogen (secondary N) is 3. The zero-order valence-electron chi connectivity index (χ0n) is 9.53. The molecule has 1 heterocycles. The van der Waals surface area contributed by atoms with E-state index < -0.39 is 0 Å². The molecule has 2 rings (SSSR count). The summed E-state index contributed by atoms with van der Waals surface area (Å²) in [5.41, 5.74) is 1.39. The highest BCUT2D eigenvalue weighted by Crippen LogP contribution is 2.36. The van der Waals surface area contributed by atoms with Crippen molar-refractivity contribution >= 4 is 35.1 Å². The van der Waals surface area contributed by atoms with Gasteiger partial charge in [-0.2, -0.15) is 0 Å². The predicted molar refractivity (Wildman–Crippen MR) is 68.5 cm³/mol. The molecule has 0 radical (unpaired) electrons. The van der Waals surface area contributed by atoms with Crippen LogP contribution >= 0.6 is 11.8 Å². The summed E-state index contributed by atoms with van der Waals surface area (Å²) in [6.45, 7) is 1.86. The van der Waals surface area contributed by atoms with Crippen molar-refractivity contribution in [3.63, 3.8) is 0 Å². The van der Waals surface area contributed by atoms with Crippen LogP contribution in [0.25, 0.3) is 0 Å². The maximum absolute atomic E-state index is 11.5. The summed E-state index contributed by atoms with van der Waals surface area (Å²) in [5, 5.41) is 7.85. The van der Waals surface area contributed by atoms with Crippen LogP contribution in [0.3, 0.4) is 0 Å². The lowest BCUT2D eigenvalue weighted by Crippen LogP contribution is -2.27. The fourth-order valence-electron chi connectivity index (χ4n) is 1.48. The molecule has 0 aliphatic carbocycles. The third kappa shape index (κ3) is 2.52. The van der Waals surface area contributed by atoms with Gasteiger partial charge in [0.15, 0.2) is 0 Å². The number of hydrogen-bond donors (Lipinski definition) is 3. The highest BCUT2D eigenvalue weighted by Gasteiger charge is 2.22. The standard InChI is InChI=1S/C11H13N3O2S/c1-6-10(15)14-8-5-7(13-11(16)12-2)3-4-9(8)17-6/h3-6H,1-2H3,(H,14,15)(H2,12,13,16). The van der Waals surface area contributed by atoms with Gasteiger partial charge in [-0.05, 0) is 25.1 Å². The third-order valence-electron chi connectivity index (χ3n) is 2.40. The average Bonchev–Trinajstić information content (AvgIpc) is 2.31. The molecule has 5 nitrogen and oxygen atoms in total. The van der Waals surface area contributed by atoms with Crippen molar-refractivity contribution in [2.45, 2.75) is 17.1 Å². The van der Waals surface area contributed by atoms with Crippen LogP contribution in [0.1, 0.15) is 6.92 Å². The number of fused-ring (bicyclic) bond motifs is 1. The minimum absolute atomic E-state index is 0.0143. The van der Waals surface area contributed by atoms with Crippen molar-refractivity contribution in [2.24, 2.45) is 0 Å². The summed E-state index contributed by atoms with van der Waals surface area (Å²) in [6, 6.07) is 5.17. The first-order chi connectivity index (χ1) is 8.10. The maximum atomic E-state index is 11.5. The molecule has 17 heavy (non-hydrogen) atoms. The smallest absolute Gasteiger partial charge is 0.318 e. The number of carbonyl (C=O) groups excluding carboxylic acids is 2. The van der Waals surface area contributed by atoms with Gasteiger partial charge in [-0.25, -0.2) is 4.79 Å². The van der Waals surface area contributed by atoms with Gasteiger partial charge >= 0.3 is 6.03 Å². The molecular formula is C11H13N3O2S. The summed E-state index contributed by atoms with van der Waals surface area (Å²) >= 11 is 1.51. The monoisotopic (exact) mass is 251 g/mol. The molecule has 0 aromatic heterocycles. The van der Waals surface area contributed by atoms with Gasteiger partial charge in [0.25, 0.3) is 0 Å². The predicted octanol–water partition coefficient (Wildman–Crippen LogP) is 1.87. The normalized spacial score (nSPS) is 18.0. The van der Waals surface area contributed by atoms with E-state index in [0.717, 1.165) is 10.6 Å². The fraction of sp³-hybridized carbons (Fsp3) is 0.273. The van der Waals surface area contributed by atoms with Gasteiger partial charge < -0.3 is 16.0 Å². The molecule has 3 N–H and O–H groups in total. The molecule has 1 aromatic rings. The Morgan fingerprint density at radius 2 is 2.24 bits per heavy atom. The van der Waals surface area contributed by atoms with Crippen molar-refractivity contribution in [2.75, 3.05) is 17.7 Å². The van der Waals surface area contributed by atoms with Crippen LogP contribution in [0.4, 0.5) is 16.2 Å². The highest BCUT2D eigenvalue weighted by atomic mass is 32.2. The Morgan fingerprint density at radius 1 is 1.47 bits per heavy atom. The Balaban J connectivity index is 2.22. The number of carbonyl (C=O) groups is 2. The molecule has 0 saturated heterocycles. The zero-order chi connectivity index (χ0) is 12.4. The van der Waals surface area contributed by atoms with Gasteiger partial charge in [-0.1, -0.05) is 0 Å². The molecule has 0 fully saturated rings. The second-order valence-electron chi connectivity index (χ2n) is 3.66. The molecule has 0 bridgehead atoms. The molecule has 90 valence electrons. The minimum atomic E-state index is -0.284. The molecule has 0 spiro atoms. The topological polar surface area (TPSA) is 70.2 Å². The number of urea groups is 1. The van der Waals surface area contributed by atoms with E-state index in [0.29, 0.717) is 5.69 Å². The molecule has 1 aliphatic rings. The lowest BCUT2D eigenvalue weighted by molar-refractivity contribution is -0.115. The maximum Gasteiger partial charge on any atom is 0.318 e. The van der Waals surface area contributed by atoms with E-state index in [1.165, 1.54) is 11.8 Å². The average molecular weight is 251 g/mol. The summed E-state index contributed by atoms with van der Waals surface area (Å²) in [6.07, 6.45) is 0. The van der Waals surface area contributed by atoms with Crippen LogP contribution in [0, 0.1) is 0 Å². The Hall–Kier alpha value is -1.69. The first kappa shape index (κ1) is 11.8. The van der Waals surface area contributed by atoms with Crippen LogP contribution < -0.4 is 16.0 Å². The van der Waals surface area contributed by atoms with Crippen LogP contribution in [-0.4, -0.2) is 24.2 Å². The van der Waals surface area contributed by atoms with Gasteiger partial charge in [0.2, 0.25) is 5.91 Å². The Bertz CT molecular complexity index is 476. The SMILES string of the molecule is CNC(=O)Nc1ccc2c(c1)NC(=O)C(C)S2. The van der Waals surface area contributed by atoms with E-state index in [2.05, 4.69) is 16.0 Å². The van der Waals surface area contributed by atoms with Crippen LogP contribution in [0.2, 0.25) is 0 Å². The van der Waals surface area contributed by atoms with Gasteiger partial charge in [0, 0.05) is 17.6 Å². The van der Waals surface area contributed by atoms with E-state index in [1.54, 1.807) is 13.1 Å². The first-order valence-corrected chi connectivity index (χ1v) is 6.08. The van der Waals surface area contributed by atoms with E-state index >= 15 is 0 Å². The molecule has 1 atom stereocenters. The Labute approximate surface area is 103 Å². The first-order valence-electron chi connectivity index (χ1n) is 5.20. The fourth-order valence-corrected chi connectivity index (χ4v) is 2.41. The third-order valence-corrected chi connectivity index (χ3v) is 3.57. The highest BCUT2D eigenvalue weighted by molar-refractivity contribution is 8.00. The second-order valence-corrected chi connectivity index (χ2v) is 5.05. The summed E-state index contributed by atoms with van der Waals surface area (Å²) in [7, 11) is 1.55. The van der Waals surface area contributed by atoms with Gasteiger partial charge in [0.1, 0.15) is 0 Å². The summed E-state index contributed by atoms with van der Waals surface area (Å²) < 4.78 is 0. The minimum Gasteiger partial charge on any atom is -0.341 e. The number of benzene rings is 1. The number of amides is 3. The van der Waals surface area contributed by atoms with Crippen LogP contribution in [0.15, 0.2) is 23.1 Å². The van der Waals surface area contributed by atoms with Crippen LogP contribution in [0.5, 0.6) is 0 Å². The van der Waals surface area contributed by atoms with Gasteiger partial charge in [-0.15, -0.1) is 11.8 Å². The lowest BCUT2D eigenvalue weighted by Gasteiger charge is -2.21. The number of hydrogen-bond acceptors (Lipinski definition) is 3. The lowest BCUT2D eigenvalue weighted by atomic mass is 10.2. The number of rotatable bonds is 1. The molecule has 1 unspecified atom stereocenters. The van der Waals surface area contributed by atoms with Crippen molar-refractivity contribution in [1.29, 1.82) is 0 Å². The van der Waals surface area contributed by atoms with E-state index in [1.807, 2.05) is 19.1 Å². The quantitative estimate of drug-likeness (QED) is 0.713. The van der Waals surface area contributed by atoms with E-state index in [-0.39, 0.29) is 17.2 Å². The molecule has 0 saturated carbocycles. The van der Waals surface area contributed by atoms with E-state index in [4.69, 9.17) is 0 Å². The van der Waals surface area contributed by atoms with Crippen molar-refractivity contribution < 1.29 is 9.59 Å². The van der Waals surface area contributed by atoms with Gasteiger partial charge in [-0.3, -0.25) is 4.79 Å². The Morgan fingerprint density at radius 3 is 2.94 bits per heavy atom. The molecule has 1 aliphatic heterocycles. The molecule has 6 heteroatoms. The van der Waals surface area contributed by atoms with Crippen molar-refractivity contribution in [3.05, 3.63) is 18.2 Å². The van der Waals surface area contributed by atoms with E-state index in [9.17, 15) is 9.59 Å². The van der Waals surface area contributed by atoms with Crippen LogP contribution in [-0.2, 0) is 4.79 Å². The molecule has 3 amide bonds. The second kappa shape index (κ2) is 4.67. The van der Waals surface area contributed by atoms with Crippen molar-refractivity contribution in [1.82, 2.24) is 5.32 Å². The largest absolute Gasteiger partial charge is 0.341 e. The number of thioether (sulfide) groups is 1. The summed E-state index contributed by atoms with van der Waals surface area (Å²) in [5.74, 6) is -0.0143. The number of anilines is 2.